The molecule has 0 fully saturated rings. The lowest BCUT2D eigenvalue weighted by Crippen LogP contribution is -2.14. The van der Waals surface area contributed by atoms with Crippen molar-refractivity contribution >= 4 is 0 Å². The normalized spacial score (nSPS) is 9.61. The number of benzene rings is 1. The first-order valence-electron chi connectivity index (χ1n) is 6.00. The Kier molecular flexibility index (Phi) is 4.52. The number of aryl methyl sites for hydroxylation is 1. The maximum absolute atomic E-state index is 4.12. The number of nitrogens with one attached hydrogen (secondary N) is 1. The van der Waals surface area contributed by atoms with Gasteiger partial charge in [0.15, 0.2) is 0 Å². The number of aromatic nitrogens is 1. The van der Waals surface area contributed by atoms with Crippen LogP contribution >= 0.6 is 0 Å². The van der Waals surface area contributed by atoms with Crippen molar-refractivity contribution in [2.75, 3.05) is 6.54 Å². The summed E-state index contributed by atoms with van der Waals surface area (Å²) in [5.41, 5.74) is 3.53. The van der Waals surface area contributed by atoms with Gasteiger partial charge in [0, 0.05) is 24.5 Å². The van der Waals surface area contributed by atoms with E-state index in [4.69, 9.17) is 0 Å². The van der Waals surface area contributed by atoms with Crippen molar-refractivity contribution < 1.29 is 0 Å². The highest BCUT2D eigenvalue weighted by atomic mass is 14.8. The Bertz CT molecular complexity index is 550. The van der Waals surface area contributed by atoms with E-state index in [1.165, 1.54) is 11.1 Å². The zero-order valence-corrected chi connectivity index (χ0v) is 10.5. The molecular weight excluding hydrogens is 220 g/mol. The molecule has 0 atom stereocenters. The third kappa shape index (κ3) is 3.73. The van der Waals surface area contributed by atoms with Crippen LogP contribution in [0.5, 0.6) is 0 Å². The molecule has 18 heavy (non-hydrogen) atoms. The van der Waals surface area contributed by atoms with E-state index in [2.05, 4.69) is 29.1 Å². The molecule has 0 unspecified atom stereocenters. The summed E-state index contributed by atoms with van der Waals surface area (Å²) >= 11 is 0. The van der Waals surface area contributed by atoms with Gasteiger partial charge in [-0.3, -0.25) is 4.98 Å². The Hall–Kier alpha value is -2.11. The Balaban J connectivity index is 1.81. The monoisotopic (exact) mass is 236 g/mol. The molecule has 2 heteroatoms. The summed E-state index contributed by atoms with van der Waals surface area (Å²) < 4.78 is 0. The first kappa shape index (κ1) is 12.3. The second kappa shape index (κ2) is 6.58. The van der Waals surface area contributed by atoms with Gasteiger partial charge < -0.3 is 5.32 Å². The first-order chi connectivity index (χ1) is 8.86. The maximum atomic E-state index is 4.12. The van der Waals surface area contributed by atoms with Crippen LogP contribution in [-0.2, 0) is 6.54 Å². The number of rotatable bonds is 3. The minimum atomic E-state index is 0.684. The van der Waals surface area contributed by atoms with Crippen molar-refractivity contribution in [2.24, 2.45) is 0 Å². The Morgan fingerprint density at radius 2 is 2.00 bits per heavy atom. The number of nitrogens with zero attached hydrogens (tertiary/aromatic N) is 1. The van der Waals surface area contributed by atoms with Gasteiger partial charge in [-0.05, 0) is 36.2 Å². The van der Waals surface area contributed by atoms with Crippen LogP contribution in [0.4, 0.5) is 0 Å². The predicted octanol–water partition coefficient (Wildman–Crippen LogP) is 2.53. The fourth-order valence-corrected chi connectivity index (χ4v) is 1.61. The first-order valence-corrected chi connectivity index (χ1v) is 6.00. The van der Waals surface area contributed by atoms with E-state index in [1.54, 1.807) is 0 Å². The molecule has 0 aliphatic carbocycles. The van der Waals surface area contributed by atoms with E-state index >= 15 is 0 Å². The SMILES string of the molecule is Cc1ccncc1CNCC#Cc1ccccc1. The van der Waals surface area contributed by atoms with Crippen LogP contribution in [0, 0.1) is 18.8 Å². The lowest BCUT2D eigenvalue weighted by atomic mass is 10.1. The summed E-state index contributed by atoms with van der Waals surface area (Å²) in [6.45, 7) is 3.58. The van der Waals surface area contributed by atoms with Gasteiger partial charge in [0.25, 0.3) is 0 Å². The molecule has 0 bridgehead atoms. The van der Waals surface area contributed by atoms with Crippen LogP contribution in [0.25, 0.3) is 0 Å². The lowest BCUT2D eigenvalue weighted by molar-refractivity contribution is 0.762. The van der Waals surface area contributed by atoms with Crippen molar-refractivity contribution in [3.05, 3.63) is 65.5 Å². The van der Waals surface area contributed by atoms with E-state index in [1.807, 2.05) is 48.8 Å². The molecule has 1 heterocycles. The van der Waals surface area contributed by atoms with Gasteiger partial charge >= 0.3 is 0 Å². The van der Waals surface area contributed by atoms with Crippen molar-refractivity contribution in [3.8, 4) is 11.8 Å². The summed E-state index contributed by atoms with van der Waals surface area (Å²) in [4.78, 5) is 4.12. The molecule has 1 N–H and O–H groups in total. The summed E-state index contributed by atoms with van der Waals surface area (Å²) in [6, 6.07) is 12.0. The third-order valence-electron chi connectivity index (χ3n) is 2.68. The van der Waals surface area contributed by atoms with Crippen molar-refractivity contribution in [1.82, 2.24) is 10.3 Å². The molecule has 0 aliphatic rings. The lowest BCUT2D eigenvalue weighted by Gasteiger charge is -2.03. The highest BCUT2D eigenvalue weighted by molar-refractivity contribution is 5.33. The average molecular weight is 236 g/mol. The average Bonchev–Trinajstić information content (AvgIpc) is 2.42. The Morgan fingerprint density at radius 3 is 2.78 bits per heavy atom. The molecule has 0 aliphatic heterocycles. The fraction of sp³-hybridized carbons (Fsp3) is 0.188. The van der Waals surface area contributed by atoms with E-state index in [9.17, 15) is 0 Å². The largest absolute Gasteiger partial charge is 0.302 e. The van der Waals surface area contributed by atoms with Crippen LogP contribution in [-0.4, -0.2) is 11.5 Å². The van der Waals surface area contributed by atoms with Gasteiger partial charge in [0.05, 0.1) is 6.54 Å². The molecular formula is C16H16N2. The highest BCUT2D eigenvalue weighted by Gasteiger charge is 1.95. The van der Waals surface area contributed by atoms with E-state index < -0.39 is 0 Å². The quantitative estimate of drug-likeness (QED) is 0.654. The predicted molar refractivity (Wildman–Crippen MR) is 74.0 cm³/mol. The molecule has 2 rings (SSSR count). The van der Waals surface area contributed by atoms with E-state index in [0.717, 1.165) is 12.1 Å². The van der Waals surface area contributed by atoms with Gasteiger partial charge in [-0.2, -0.15) is 0 Å². The summed E-state index contributed by atoms with van der Waals surface area (Å²) in [5.74, 6) is 6.23. The van der Waals surface area contributed by atoms with Gasteiger partial charge in [-0.15, -0.1) is 0 Å². The molecule has 0 spiro atoms. The van der Waals surface area contributed by atoms with E-state index in [0.29, 0.717) is 6.54 Å². The van der Waals surface area contributed by atoms with Gasteiger partial charge in [0.1, 0.15) is 0 Å². The molecule has 2 nitrogen and oxygen atoms in total. The second-order valence-corrected chi connectivity index (χ2v) is 4.07. The van der Waals surface area contributed by atoms with Crippen LogP contribution in [0.2, 0.25) is 0 Å². The second-order valence-electron chi connectivity index (χ2n) is 4.07. The molecule has 2 aromatic rings. The van der Waals surface area contributed by atoms with Crippen molar-refractivity contribution in [2.45, 2.75) is 13.5 Å². The summed E-state index contributed by atoms with van der Waals surface area (Å²) in [7, 11) is 0. The Labute approximate surface area is 108 Å². The van der Waals surface area contributed by atoms with Crippen molar-refractivity contribution in [3.63, 3.8) is 0 Å². The molecule has 1 aromatic heterocycles. The van der Waals surface area contributed by atoms with Gasteiger partial charge in [0.2, 0.25) is 0 Å². The Morgan fingerprint density at radius 1 is 1.17 bits per heavy atom. The van der Waals surface area contributed by atoms with Crippen LogP contribution < -0.4 is 5.32 Å². The molecule has 0 saturated heterocycles. The zero-order chi connectivity index (χ0) is 12.6. The standard InChI is InChI=1S/C16H16N2/c1-14-9-11-18-13-16(14)12-17-10-5-8-15-6-3-2-4-7-15/h2-4,6-7,9,11,13,17H,10,12H2,1H3. The molecule has 1 aromatic carbocycles. The zero-order valence-electron chi connectivity index (χ0n) is 10.5. The maximum Gasteiger partial charge on any atom is 0.0582 e. The number of pyridine rings is 1. The fourth-order valence-electron chi connectivity index (χ4n) is 1.61. The van der Waals surface area contributed by atoms with Gasteiger partial charge in [-0.1, -0.05) is 30.0 Å². The minimum Gasteiger partial charge on any atom is -0.302 e. The topological polar surface area (TPSA) is 24.9 Å². The van der Waals surface area contributed by atoms with Crippen LogP contribution in [0.15, 0.2) is 48.8 Å². The third-order valence-corrected chi connectivity index (χ3v) is 2.68. The summed E-state index contributed by atoms with van der Waals surface area (Å²) in [5, 5.41) is 3.30. The number of hydrogen-bond acceptors (Lipinski definition) is 2. The van der Waals surface area contributed by atoms with Crippen LogP contribution in [0.3, 0.4) is 0 Å². The molecule has 0 radical (unpaired) electrons. The van der Waals surface area contributed by atoms with E-state index in [-0.39, 0.29) is 0 Å². The van der Waals surface area contributed by atoms with Crippen molar-refractivity contribution in [1.29, 1.82) is 0 Å². The highest BCUT2D eigenvalue weighted by Crippen LogP contribution is 2.03. The minimum absolute atomic E-state index is 0.684. The van der Waals surface area contributed by atoms with Gasteiger partial charge in [-0.25, -0.2) is 0 Å². The molecule has 0 saturated carbocycles. The summed E-state index contributed by atoms with van der Waals surface area (Å²) in [6.07, 6.45) is 3.71. The molecule has 90 valence electrons. The van der Waals surface area contributed by atoms with Crippen LogP contribution in [0.1, 0.15) is 16.7 Å². The smallest absolute Gasteiger partial charge is 0.0582 e. The number of hydrogen-bond donors (Lipinski definition) is 1. The molecule has 0 amide bonds.